The number of pyridine rings is 1. The fourth-order valence-electron chi connectivity index (χ4n) is 3.57. The van der Waals surface area contributed by atoms with Crippen LogP contribution in [-0.2, 0) is 30.8 Å². The number of morpholine rings is 1. The Morgan fingerprint density at radius 2 is 2.14 bits per heavy atom. The molecule has 1 aromatic rings. The molecule has 28 heavy (non-hydrogen) atoms. The van der Waals surface area contributed by atoms with Crippen LogP contribution < -0.4 is 10.6 Å². The highest BCUT2D eigenvalue weighted by Gasteiger charge is 2.59. The highest BCUT2D eigenvalue weighted by Crippen LogP contribution is 2.35. The zero-order chi connectivity index (χ0) is 20.4. The summed E-state index contributed by atoms with van der Waals surface area (Å²) in [5.41, 5.74) is -0.465. The standard InChI is InChI=1S/C18H26N4O5S/c1-13(2)28(25,26)22-11-15(18(12-22)17(24)21-9-10-27-18)16(23)20-8-5-14-3-6-19-7-4-14/h3-4,6-7,13,15H,5,8-12H2,1-2H3,(H,20,23)(H,21,24)/t15-,18-/m1/s1. The maximum Gasteiger partial charge on any atom is 0.254 e. The van der Waals surface area contributed by atoms with E-state index in [4.69, 9.17) is 4.74 Å². The van der Waals surface area contributed by atoms with Gasteiger partial charge in [0.05, 0.1) is 24.3 Å². The van der Waals surface area contributed by atoms with Crippen LogP contribution in [0.15, 0.2) is 24.5 Å². The van der Waals surface area contributed by atoms with Crippen LogP contribution in [0, 0.1) is 5.92 Å². The van der Waals surface area contributed by atoms with E-state index in [1.54, 1.807) is 26.2 Å². The van der Waals surface area contributed by atoms with Crippen molar-refractivity contribution in [3.05, 3.63) is 30.1 Å². The second-order valence-corrected chi connectivity index (χ2v) is 9.82. The molecule has 0 aromatic carbocycles. The van der Waals surface area contributed by atoms with Crippen molar-refractivity contribution in [2.45, 2.75) is 31.1 Å². The molecular formula is C18H26N4O5S. The molecule has 154 valence electrons. The number of nitrogens with one attached hydrogen (secondary N) is 2. The number of hydrogen-bond donors (Lipinski definition) is 2. The van der Waals surface area contributed by atoms with Gasteiger partial charge in [-0.15, -0.1) is 0 Å². The van der Waals surface area contributed by atoms with Crippen molar-refractivity contribution in [1.29, 1.82) is 0 Å². The molecule has 2 atom stereocenters. The molecule has 3 rings (SSSR count). The first-order chi connectivity index (χ1) is 13.3. The number of rotatable bonds is 6. The van der Waals surface area contributed by atoms with E-state index in [1.165, 1.54) is 4.31 Å². The Hall–Kier alpha value is -2.04. The van der Waals surface area contributed by atoms with E-state index in [1.807, 2.05) is 12.1 Å². The summed E-state index contributed by atoms with van der Waals surface area (Å²) in [6.45, 7) is 3.87. The van der Waals surface area contributed by atoms with E-state index < -0.39 is 32.7 Å². The molecule has 0 bridgehead atoms. The molecule has 2 N–H and O–H groups in total. The Labute approximate surface area is 164 Å². The van der Waals surface area contributed by atoms with Crippen LogP contribution in [0.1, 0.15) is 19.4 Å². The average molecular weight is 410 g/mol. The van der Waals surface area contributed by atoms with Crippen molar-refractivity contribution in [1.82, 2.24) is 19.9 Å². The van der Waals surface area contributed by atoms with Crippen molar-refractivity contribution < 1.29 is 22.7 Å². The van der Waals surface area contributed by atoms with E-state index in [2.05, 4.69) is 15.6 Å². The molecule has 3 heterocycles. The van der Waals surface area contributed by atoms with Gasteiger partial charge < -0.3 is 15.4 Å². The van der Waals surface area contributed by atoms with Gasteiger partial charge in [-0.25, -0.2) is 8.42 Å². The van der Waals surface area contributed by atoms with Crippen LogP contribution in [-0.4, -0.2) is 73.2 Å². The second kappa shape index (κ2) is 8.14. The molecule has 1 spiro atoms. The molecule has 1 aromatic heterocycles. The van der Waals surface area contributed by atoms with Crippen LogP contribution in [0.4, 0.5) is 0 Å². The Kier molecular flexibility index (Phi) is 6.01. The summed E-state index contributed by atoms with van der Waals surface area (Å²) in [5, 5.41) is 4.89. The number of aromatic nitrogens is 1. The SMILES string of the molecule is CC(C)S(=O)(=O)N1C[C@H](C(=O)NCCc2ccncc2)[C@@]2(C1)OCCNC2=O. The molecule has 0 radical (unpaired) electrons. The Balaban J connectivity index is 1.75. The van der Waals surface area contributed by atoms with Gasteiger partial charge in [0.2, 0.25) is 15.9 Å². The van der Waals surface area contributed by atoms with Gasteiger partial charge in [-0.3, -0.25) is 14.6 Å². The zero-order valence-electron chi connectivity index (χ0n) is 16.1. The Bertz CT molecular complexity index is 830. The third kappa shape index (κ3) is 3.89. The smallest absolute Gasteiger partial charge is 0.254 e. The quantitative estimate of drug-likeness (QED) is 0.640. The van der Waals surface area contributed by atoms with Crippen molar-refractivity contribution in [2.24, 2.45) is 5.92 Å². The predicted molar refractivity (Wildman–Crippen MR) is 102 cm³/mol. The first-order valence-electron chi connectivity index (χ1n) is 9.35. The van der Waals surface area contributed by atoms with Gasteiger partial charge in [-0.05, 0) is 38.0 Å². The summed E-state index contributed by atoms with van der Waals surface area (Å²) in [6.07, 6.45) is 3.96. The Morgan fingerprint density at radius 1 is 1.43 bits per heavy atom. The summed E-state index contributed by atoms with van der Waals surface area (Å²) in [7, 11) is -3.62. The molecule has 2 amide bonds. The lowest BCUT2D eigenvalue weighted by atomic mass is 9.87. The molecule has 9 nitrogen and oxygen atoms in total. The van der Waals surface area contributed by atoms with Crippen molar-refractivity contribution >= 4 is 21.8 Å². The van der Waals surface area contributed by atoms with Crippen molar-refractivity contribution in [3.8, 4) is 0 Å². The third-order valence-corrected chi connectivity index (χ3v) is 7.42. The fraction of sp³-hybridized carbons (Fsp3) is 0.611. The number of ether oxygens (including phenoxy) is 1. The molecule has 2 fully saturated rings. The molecule has 0 saturated carbocycles. The first-order valence-corrected chi connectivity index (χ1v) is 10.9. The van der Waals surface area contributed by atoms with Gasteiger partial charge in [-0.1, -0.05) is 0 Å². The van der Waals surface area contributed by atoms with Crippen molar-refractivity contribution in [3.63, 3.8) is 0 Å². The lowest BCUT2D eigenvalue weighted by Crippen LogP contribution is -2.62. The van der Waals surface area contributed by atoms with Gasteiger partial charge in [0.1, 0.15) is 0 Å². The van der Waals surface area contributed by atoms with E-state index in [0.29, 0.717) is 19.5 Å². The van der Waals surface area contributed by atoms with Gasteiger partial charge in [-0.2, -0.15) is 4.31 Å². The third-order valence-electron chi connectivity index (χ3n) is 5.23. The summed E-state index contributed by atoms with van der Waals surface area (Å²) in [5.74, 6) is -1.72. The number of hydrogen-bond acceptors (Lipinski definition) is 6. The van der Waals surface area contributed by atoms with Crippen LogP contribution in [0.5, 0.6) is 0 Å². The number of carbonyl (C=O) groups is 2. The normalized spacial score (nSPS) is 25.8. The summed E-state index contributed by atoms with van der Waals surface area (Å²) >= 11 is 0. The lowest BCUT2D eigenvalue weighted by molar-refractivity contribution is -0.163. The minimum Gasteiger partial charge on any atom is -0.361 e. The zero-order valence-corrected chi connectivity index (χ0v) is 16.9. The minimum absolute atomic E-state index is 0.0744. The van der Waals surface area contributed by atoms with Crippen LogP contribution >= 0.6 is 0 Å². The highest BCUT2D eigenvalue weighted by molar-refractivity contribution is 7.89. The van der Waals surface area contributed by atoms with Crippen molar-refractivity contribution in [2.75, 3.05) is 32.8 Å². The molecule has 0 aliphatic carbocycles. The van der Waals surface area contributed by atoms with Crippen LogP contribution in [0.3, 0.4) is 0 Å². The second-order valence-electron chi connectivity index (χ2n) is 7.33. The maximum atomic E-state index is 12.9. The van der Waals surface area contributed by atoms with Crippen LogP contribution in [0.2, 0.25) is 0 Å². The maximum absolute atomic E-state index is 12.9. The fourth-order valence-corrected chi connectivity index (χ4v) is 4.89. The van der Waals surface area contributed by atoms with E-state index >= 15 is 0 Å². The summed E-state index contributed by atoms with van der Waals surface area (Å²) < 4.78 is 32.2. The summed E-state index contributed by atoms with van der Waals surface area (Å²) in [4.78, 5) is 29.5. The number of sulfonamides is 1. The average Bonchev–Trinajstić information content (AvgIpc) is 3.06. The molecule has 0 unspecified atom stereocenters. The molecule has 2 saturated heterocycles. The molecule has 2 aliphatic heterocycles. The van der Waals surface area contributed by atoms with Gasteiger partial charge in [0.15, 0.2) is 5.60 Å². The largest absolute Gasteiger partial charge is 0.361 e. The molecule has 2 aliphatic rings. The molecular weight excluding hydrogens is 384 g/mol. The number of nitrogens with zero attached hydrogens (tertiary/aromatic N) is 2. The monoisotopic (exact) mass is 410 g/mol. The van der Waals surface area contributed by atoms with Gasteiger partial charge in [0.25, 0.3) is 5.91 Å². The number of carbonyl (C=O) groups excluding carboxylic acids is 2. The molecule has 10 heteroatoms. The Morgan fingerprint density at radius 3 is 2.79 bits per heavy atom. The van der Waals surface area contributed by atoms with Crippen LogP contribution in [0.25, 0.3) is 0 Å². The first kappa shape index (κ1) is 20.7. The highest BCUT2D eigenvalue weighted by atomic mass is 32.2. The van der Waals surface area contributed by atoms with Gasteiger partial charge >= 0.3 is 0 Å². The minimum atomic E-state index is -3.62. The van der Waals surface area contributed by atoms with E-state index in [9.17, 15) is 18.0 Å². The van der Waals surface area contributed by atoms with E-state index in [0.717, 1.165) is 5.56 Å². The predicted octanol–water partition coefficient (Wildman–Crippen LogP) is -0.704. The topological polar surface area (TPSA) is 118 Å². The lowest BCUT2D eigenvalue weighted by Gasteiger charge is -2.36. The number of amides is 2. The van der Waals surface area contributed by atoms with Gasteiger partial charge in [0, 0.05) is 32.0 Å². The van der Waals surface area contributed by atoms with E-state index in [-0.39, 0.29) is 25.6 Å². The summed E-state index contributed by atoms with van der Waals surface area (Å²) in [6, 6.07) is 3.72.